The minimum Gasteiger partial charge on any atom is -0.310 e. The van der Waals surface area contributed by atoms with Crippen LogP contribution in [0.3, 0.4) is 0 Å². The Balaban J connectivity index is 0.933. The summed E-state index contributed by atoms with van der Waals surface area (Å²) in [5.41, 5.74) is 19.0. The van der Waals surface area contributed by atoms with Crippen molar-refractivity contribution < 1.29 is 0 Å². The van der Waals surface area contributed by atoms with Crippen molar-refractivity contribution in [3.63, 3.8) is 0 Å². The van der Waals surface area contributed by atoms with Crippen LogP contribution in [0.15, 0.2) is 153 Å². The number of para-hydroxylation sites is 1. The van der Waals surface area contributed by atoms with Crippen molar-refractivity contribution in [3.8, 4) is 22.5 Å². The molecular formula is C50H44N2. The van der Waals surface area contributed by atoms with Crippen LogP contribution in [-0.2, 0) is 19.3 Å². The summed E-state index contributed by atoms with van der Waals surface area (Å²) in [7, 11) is 0. The Morgan fingerprint density at radius 1 is 0.596 bits per heavy atom. The standard InChI is InChI=1S/C50H44N2/c1-5-7-14-48-36(4)46-13-9-11-16-50(46)52(48)44-31-23-40(24-32-44)34-38-19-27-42(28-20-38)41-25-17-37(18-26-41)33-39-21-29-43(30-22-39)51-47(6-2)35(3)45-12-8-10-15-49(45)51/h5-7,9-11,13-32H,1-2,8,12,33-34H2,3-4H3/b14-7-. The number of allylic oxidation sites excluding steroid dienone is 3. The second kappa shape index (κ2) is 14.2. The summed E-state index contributed by atoms with van der Waals surface area (Å²) in [5.74, 6) is 0. The van der Waals surface area contributed by atoms with Crippen molar-refractivity contribution in [1.82, 2.24) is 9.13 Å². The normalized spacial score (nSPS) is 12.4. The van der Waals surface area contributed by atoms with Gasteiger partial charge in [0.15, 0.2) is 0 Å². The van der Waals surface area contributed by atoms with Crippen molar-refractivity contribution in [3.05, 3.63) is 209 Å². The Kier molecular flexibility index (Phi) is 9.05. The number of benzene rings is 5. The molecule has 2 nitrogen and oxygen atoms in total. The van der Waals surface area contributed by atoms with Gasteiger partial charge in [-0.25, -0.2) is 0 Å². The fraction of sp³-hybridized carbons (Fsp3) is 0.120. The Hall–Kier alpha value is -6.12. The Bertz CT molecular complexity index is 2460. The van der Waals surface area contributed by atoms with E-state index in [1.165, 1.54) is 83.7 Å². The Morgan fingerprint density at radius 3 is 1.69 bits per heavy atom. The molecule has 0 fully saturated rings. The average molecular weight is 673 g/mol. The van der Waals surface area contributed by atoms with Crippen molar-refractivity contribution in [2.24, 2.45) is 0 Å². The zero-order valence-corrected chi connectivity index (χ0v) is 30.1. The first-order valence-electron chi connectivity index (χ1n) is 18.3. The van der Waals surface area contributed by atoms with Crippen LogP contribution in [0.5, 0.6) is 0 Å². The van der Waals surface area contributed by atoms with Gasteiger partial charge in [0.1, 0.15) is 0 Å². The van der Waals surface area contributed by atoms with Crippen LogP contribution in [0.4, 0.5) is 0 Å². The van der Waals surface area contributed by atoms with Gasteiger partial charge < -0.3 is 9.13 Å². The molecule has 254 valence electrons. The number of hydrogen-bond donors (Lipinski definition) is 0. The summed E-state index contributed by atoms with van der Waals surface area (Å²) in [5, 5.41) is 1.28. The lowest BCUT2D eigenvalue weighted by Gasteiger charge is -2.13. The molecule has 5 aromatic carbocycles. The highest BCUT2D eigenvalue weighted by molar-refractivity contribution is 5.90. The summed E-state index contributed by atoms with van der Waals surface area (Å²) in [6, 6.07) is 44.7. The van der Waals surface area contributed by atoms with E-state index >= 15 is 0 Å². The van der Waals surface area contributed by atoms with Crippen LogP contribution in [-0.4, -0.2) is 9.13 Å². The van der Waals surface area contributed by atoms with E-state index in [0.717, 1.165) is 31.4 Å². The van der Waals surface area contributed by atoms with E-state index in [4.69, 9.17) is 0 Å². The molecule has 52 heavy (non-hydrogen) atoms. The molecule has 7 aromatic rings. The molecule has 0 amide bonds. The molecule has 0 aliphatic heterocycles. The first-order chi connectivity index (χ1) is 25.5. The molecule has 1 aliphatic rings. The van der Waals surface area contributed by atoms with Gasteiger partial charge in [-0.3, -0.25) is 0 Å². The zero-order chi connectivity index (χ0) is 35.6. The van der Waals surface area contributed by atoms with Crippen LogP contribution in [0.1, 0.15) is 62.4 Å². The number of hydrogen-bond acceptors (Lipinski definition) is 0. The van der Waals surface area contributed by atoms with E-state index in [1.54, 1.807) is 0 Å². The van der Waals surface area contributed by atoms with Gasteiger partial charge >= 0.3 is 0 Å². The van der Waals surface area contributed by atoms with Crippen molar-refractivity contribution in [2.45, 2.75) is 39.5 Å². The molecule has 0 spiro atoms. The third-order valence-corrected chi connectivity index (χ3v) is 10.7. The molecule has 0 unspecified atom stereocenters. The maximum absolute atomic E-state index is 4.12. The molecule has 1 aliphatic carbocycles. The van der Waals surface area contributed by atoms with Crippen LogP contribution in [0, 0.1) is 13.8 Å². The molecule has 8 rings (SSSR count). The van der Waals surface area contributed by atoms with Crippen molar-refractivity contribution in [1.29, 1.82) is 0 Å². The number of aromatic nitrogens is 2. The SMILES string of the molecule is C=C/C=C\c1c(C)c2ccccc2n1-c1ccc(Cc2ccc(-c3ccc(Cc4ccc(-n5c(C=C)c(C)c6c5C=CCC6)cc4)cc3)cc2)cc1. The third-order valence-electron chi connectivity index (χ3n) is 10.7. The van der Waals surface area contributed by atoms with Crippen LogP contribution < -0.4 is 0 Å². The lowest BCUT2D eigenvalue weighted by atomic mass is 9.98. The maximum Gasteiger partial charge on any atom is 0.0537 e. The molecule has 0 radical (unpaired) electrons. The highest BCUT2D eigenvalue weighted by atomic mass is 15.0. The van der Waals surface area contributed by atoms with Gasteiger partial charge in [-0.1, -0.05) is 122 Å². The Morgan fingerprint density at radius 2 is 1.13 bits per heavy atom. The van der Waals surface area contributed by atoms with Crippen LogP contribution >= 0.6 is 0 Å². The summed E-state index contributed by atoms with van der Waals surface area (Å²) in [6.07, 6.45) is 16.5. The second-order valence-corrected chi connectivity index (χ2v) is 13.9. The van der Waals surface area contributed by atoms with Crippen molar-refractivity contribution >= 4 is 29.1 Å². The van der Waals surface area contributed by atoms with Gasteiger partial charge in [-0.05, 0) is 138 Å². The van der Waals surface area contributed by atoms with E-state index in [9.17, 15) is 0 Å². The predicted molar refractivity (Wildman–Crippen MR) is 223 cm³/mol. The van der Waals surface area contributed by atoms with Gasteiger partial charge in [-0.2, -0.15) is 0 Å². The topological polar surface area (TPSA) is 9.86 Å². The van der Waals surface area contributed by atoms with E-state index in [0.29, 0.717) is 0 Å². The summed E-state index contributed by atoms with van der Waals surface area (Å²) < 4.78 is 4.71. The molecule has 0 bridgehead atoms. The largest absolute Gasteiger partial charge is 0.310 e. The molecular weight excluding hydrogens is 629 g/mol. The quantitative estimate of drug-likeness (QED) is 0.128. The summed E-state index contributed by atoms with van der Waals surface area (Å²) >= 11 is 0. The molecule has 2 aromatic heterocycles. The molecule has 0 saturated carbocycles. The fourth-order valence-electron chi connectivity index (χ4n) is 7.90. The maximum atomic E-state index is 4.12. The zero-order valence-electron chi connectivity index (χ0n) is 30.1. The van der Waals surface area contributed by atoms with Gasteiger partial charge in [0, 0.05) is 33.8 Å². The summed E-state index contributed by atoms with van der Waals surface area (Å²) in [6.45, 7) is 12.4. The molecule has 2 heteroatoms. The molecule has 0 saturated heterocycles. The first-order valence-corrected chi connectivity index (χ1v) is 18.3. The first kappa shape index (κ1) is 33.0. The van der Waals surface area contributed by atoms with E-state index in [-0.39, 0.29) is 0 Å². The van der Waals surface area contributed by atoms with Gasteiger partial charge in [0.2, 0.25) is 0 Å². The van der Waals surface area contributed by atoms with E-state index < -0.39 is 0 Å². The molecule has 0 N–H and O–H groups in total. The monoisotopic (exact) mass is 672 g/mol. The third kappa shape index (κ3) is 6.22. The number of aryl methyl sites for hydroxylation is 1. The van der Waals surface area contributed by atoms with E-state index in [1.807, 2.05) is 18.2 Å². The molecule has 2 heterocycles. The van der Waals surface area contributed by atoms with Gasteiger partial charge in [-0.15, -0.1) is 0 Å². The lowest BCUT2D eigenvalue weighted by Crippen LogP contribution is -2.02. The van der Waals surface area contributed by atoms with Crippen molar-refractivity contribution in [2.75, 3.05) is 0 Å². The number of fused-ring (bicyclic) bond motifs is 2. The van der Waals surface area contributed by atoms with E-state index in [2.05, 4.69) is 176 Å². The number of rotatable bonds is 10. The number of nitrogens with zero attached hydrogens (tertiary/aromatic N) is 2. The van der Waals surface area contributed by atoms with Gasteiger partial charge in [0.25, 0.3) is 0 Å². The average Bonchev–Trinajstić information content (AvgIpc) is 3.64. The smallest absolute Gasteiger partial charge is 0.0537 e. The minimum atomic E-state index is 0.894. The predicted octanol–water partition coefficient (Wildman–Crippen LogP) is 12.7. The van der Waals surface area contributed by atoms with Crippen LogP contribution in [0.25, 0.3) is 51.6 Å². The van der Waals surface area contributed by atoms with Gasteiger partial charge in [0.05, 0.1) is 5.52 Å². The summed E-state index contributed by atoms with van der Waals surface area (Å²) in [4.78, 5) is 0. The Labute approximate surface area is 308 Å². The fourth-order valence-corrected chi connectivity index (χ4v) is 7.90. The highest BCUT2D eigenvalue weighted by Crippen LogP contribution is 2.33. The lowest BCUT2D eigenvalue weighted by molar-refractivity contribution is 0.952. The molecule has 0 atom stereocenters. The second-order valence-electron chi connectivity index (χ2n) is 13.9. The minimum absolute atomic E-state index is 0.894. The highest BCUT2D eigenvalue weighted by Gasteiger charge is 2.19. The van der Waals surface area contributed by atoms with Crippen LogP contribution in [0.2, 0.25) is 0 Å².